The zero-order valence-electron chi connectivity index (χ0n) is 6.23. The molecule has 3 N–H and O–H groups in total. The molecule has 0 aromatic carbocycles. The Kier molecular flexibility index (Phi) is 2.46. The minimum Gasteiger partial charge on any atom is -0.405 e. The highest BCUT2D eigenvalue weighted by atomic mass is 32.2. The van der Waals surface area contributed by atoms with E-state index in [1.807, 2.05) is 6.92 Å². The molecule has 1 aliphatic rings. The van der Waals surface area contributed by atoms with Gasteiger partial charge in [-0.1, -0.05) is 13.0 Å². The van der Waals surface area contributed by atoms with Gasteiger partial charge in [0.05, 0.1) is 5.25 Å². The van der Waals surface area contributed by atoms with Crippen molar-refractivity contribution in [3.05, 3.63) is 23.9 Å². The third kappa shape index (κ3) is 1.70. The van der Waals surface area contributed by atoms with Crippen molar-refractivity contribution in [2.45, 2.75) is 12.2 Å². The Balaban J connectivity index is 2.60. The predicted molar refractivity (Wildman–Crippen MR) is 45.1 cm³/mol. The molecule has 62 valence electrons. The molecule has 0 heterocycles. The predicted octanol–water partition coefficient (Wildman–Crippen LogP) is 0.625. The first kappa shape index (κ1) is 8.49. The van der Waals surface area contributed by atoms with Crippen LogP contribution in [0.2, 0.25) is 0 Å². The van der Waals surface area contributed by atoms with E-state index in [-0.39, 0.29) is 11.2 Å². The molecular weight excluding hydrogens is 162 g/mol. The first-order chi connectivity index (χ1) is 5.18. The summed E-state index contributed by atoms with van der Waals surface area (Å²) < 4.78 is 19.3. The van der Waals surface area contributed by atoms with Crippen LogP contribution in [-0.4, -0.2) is 14.0 Å². The molecule has 1 fully saturated rings. The molecule has 0 bridgehead atoms. The highest BCUT2D eigenvalue weighted by Gasteiger charge is 2.44. The van der Waals surface area contributed by atoms with Gasteiger partial charge in [0.25, 0.3) is 0 Å². The zero-order valence-corrected chi connectivity index (χ0v) is 7.04. The molecule has 1 rings (SSSR count). The third-order valence-electron chi connectivity index (χ3n) is 1.82. The maximum Gasteiger partial charge on any atom is 0.160 e. The zero-order chi connectivity index (χ0) is 8.43. The van der Waals surface area contributed by atoms with Crippen LogP contribution in [0.25, 0.3) is 0 Å². The van der Waals surface area contributed by atoms with Gasteiger partial charge in [0, 0.05) is 0 Å². The summed E-state index contributed by atoms with van der Waals surface area (Å²) in [6.45, 7) is 1.93. The minimum atomic E-state index is -1.71. The van der Waals surface area contributed by atoms with E-state index in [1.54, 1.807) is 12.2 Å². The molecule has 3 nitrogen and oxygen atoms in total. The highest BCUT2D eigenvalue weighted by molar-refractivity contribution is 7.80. The summed E-state index contributed by atoms with van der Waals surface area (Å²) in [4.78, 5) is 0. The summed E-state index contributed by atoms with van der Waals surface area (Å²) in [7, 11) is 0. The first-order valence-corrected chi connectivity index (χ1v) is 4.53. The van der Waals surface area contributed by atoms with Gasteiger partial charge in [-0.2, -0.15) is 0 Å². The van der Waals surface area contributed by atoms with E-state index in [1.165, 1.54) is 6.20 Å². The van der Waals surface area contributed by atoms with Crippen LogP contribution in [0.3, 0.4) is 0 Å². The lowest BCUT2D eigenvalue weighted by molar-refractivity contribution is 0.561. The standard InChI is InChI=1S/C7H11NO2S/c1-5-6(3-2-4-8)7(5)11(9)10/h2-5,7H,8H2,1H3,(H,9,10). The SMILES string of the molecule is CC1C(=CC=CN)C1S(=O)O. The fourth-order valence-electron chi connectivity index (χ4n) is 1.09. The van der Waals surface area contributed by atoms with E-state index in [4.69, 9.17) is 10.3 Å². The Morgan fingerprint density at radius 3 is 2.73 bits per heavy atom. The molecule has 0 radical (unpaired) electrons. The van der Waals surface area contributed by atoms with Crippen molar-refractivity contribution in [3.8, 4) is 0 Å². The summed E-state index contributed by atoms with van der Waals surface area (Å²) in [6.07, 6.45) is 4.89. The second-order valence-electron chi connectivity index (χ2n) is 2.54. The number of rotatable bonds is 2. The van der Waals surface area contributed by atoms with Crippen LogP contribution in [0, 0.1) is 5.92 Å². The van der Waals surface area contributed by atoms with Crippen LogP contribution >= 0.6 is 0 Å². The lowest BCUT2D eigenvalue weighted by Crippen LogP contribution is -1.95. The Morgan fingerprint density at radius 2 is 2.36 bits per heavy atom. The molecule has 3 unspecified atom stereocenters. The average Bonchev–Trinajstić information content (AvgIpc) is 2.57. The molecule has 4 heteroatoms. The molecule has 1 saturated carbocycles. The second-order valence-corrected chi connectivity index (χ2v) is 3.60. The second kappa shape index (κ2) is 3.19. The summed E-state index contributed by atoms with van der Waals surface area (Å²) >= 11 is -1.71. The normalized spacial score (nSPS) is 36.4. The van der Waals surface area contributed by atoms with Gasteiger partial charge >= 0.3 is 0 Å². The number of hydrogen-bond donors (Lipinski definition) is 2. The first-order valence-electron chi connectivity index (χ1n) is 3.36. The van der Waals surface area contributed by atoms with Crippen LogP contribution in [0.4, 0.5) is 0 Å². The van der Waals surface area contributed by atoms with Crippen molar-refractivity contribution in [1.29, 1.82) is 0 Å². The van der Waals surface area contributed by atoms with Crippen molar-refractivity contribution in [3.63, 3.8) is 0 Å². The quantitative estimate of drug-likeness (QED) is 0.602. The fraction of sp³-hybridized carbons (Fsp3) is 0.429. The van der Waals surface area contributed by atoms with Gasteiger partial charge in [0.15, 0.2) is 11.1 Å². The molecule has 3 atom stereocenters. The largest absolute Gasteiger partial charge is 0.405 e. The summed E-state index contributed by atoms with van der Waals surface area (Å²) in [5, 5.41) is -0.161. The third-order valence-corrected chi connectivity index (χ3v) is 2.93. The van der Waals surface area contributed by atoms with E-state index in [0.717, 1.165) is 5.57 Å². The summed E-state index contributed by atoms with van der Waals surface area (Å²) in [5.41, 5.74) is 6.12. The molecule has 0 saturated heterocycles. The Bertz CT molecular complexity index is 235. The monoisotopic (exact) mass is 173 g/mol. The summed E-state index contributed by atoms with van der Waals surface area (Å²) in [6, 6.07) is 0. The fourth-order valence-corrected chi connectivity index (χ4v) is 2.05. The van der Waals surface area contributed by atoms with Crippen LogP contribution < -0.4 is 5.73 Å². The van der Waals surface area contributed by atoms with Gasteiger partial charge in [-0.3, -0.25) is 0 Å². The molecule has 0 spiro atoms. The molecular formula is C7H11NO2S. The lowest BCUT2D eigenvalue weighted by Gasteiger charge is -1.81. The van der Waals surface area contributed by atoms with Gasteiger partial charge in [0.2, 0.25) is 0 Å². The topological polar surface area (TPSA) is 63.3 Å². The molecule has 1 aliphatic carbocycles. The van der Waals surface area contributed by atoms with Gasteiger partial charge in [-0.05, 0) is 23.8 Å². The van der Waals surface area contributed by atoms with Crippen molar-refractivity contribution < 1.29 is 8.76 Å². The Labute approximate surface area is 68.3 Å². The number of hydrogen-bond acceptors (Lipinski definition) is 2. The van der Waals surface area contributed by atoms with Crippen LogP contribution in [0.1, 0.15) is 6.92 Å². The number of allylic oxidation sites excluding steroid dienone is 2. The van der Waals surface area contributed by atoms with Crippen LogP contribution in [-0.2, 0) is 11.1 Å². The van der Waals surface area contributed by atoms with Gasteiger partial charge < -0.3 is 10.3 Å². The van der Waals surface area contributed by atoms with E-state index in [2.05, 4.69) is 0 Å². The van der Waals surface area contributed by atoms with E-state index < -0.39 is 11.1 Å². The molecule has 0 amide bonds. The van der Waals surface area contributed by atoms with Gasteiger partial charge in [-0.25, -0.2) is 4.21 Å². The van der Waals surface area contributed by atoms with Crippen molar-refractivity contribution >= 4 is 11.1 Å². The van der Waals surface area contributed by atoms with Crippen molar-refractivity contribution in [2.24, 2.45) is 11.7 Å². The Morgan fingerprint density at radius 1 is 1.73 bits per heavy atom. The Hall–Kier alpha value is -0.610. The maximum absolute atomic E-state index is 10.6. The van der Waals surface area contributed by atoms with Crippen molar-refractivity contribution in [1.82, 2.24) is 0 Å². The summed E-state index contributed by atoms with van der Waals surface area (Å²) in [5.74, 6) is 0.233. The van der Waals surface area contributed by atoms with E-state index in [9.17, 15) is 4.21 Å². The highest BCUT2D eigenvalue weighted by Crippen LogP contribution is 2.41. The average molecular weight is 173 g/mol. The van der Waals surface area contributed by atoms with Crippen molar-refractivity contribution in [2.75, 3.05) is 0 Å². The maximum atomic E-state index is 10.6. The molecule has 11 heavy (non-hydrogen) atoms. The van der Waals surface area contributed by atoms with E-state index in [0.29, 0.717) is 0 Å². The van der Waals surface area contributed by atoms with Gasteiger partial charge in [-0.15, -0.1) is 0 Å². The van der Waals surface area contributed by atoms with E-state index >= 15 is 0 Å². The molecule has 0 aromatic rings. The smallest absolute Gasteiger partial charge is 0.160 e. The van der Waals surface area contributed by atoms with Crippen LogP contribution in [0.15, 0.2) is 23.9 Å². The van der Waals surface area contributed by atoms with Crippen LogP contribution in [0.5, 0.6) is 0 Å². The molecule has 0 aromatic heterocycles. The van der Waals surface area contributed by atoms with Gasteiger partial charge in [0.1, 0.15) is 0 Å². The number of nitrogens with two attached hydrogens (primary N) is 1. The molecule has 0 aliphatic heterocycles. The minimum absolute atomic E-state index is 0.161. The lowest BCUT2D eigenvalue weighted by atomic mass is 10.4.